The molecule has 0 spiro atoms. The fourth-order valence-corrected chi connectivity index (χ4v) is 4.04. The van der Waals surface area contributed by atoms with E-state index in [1.807, 2.05) is 11.3 Å². The molecule has 0 bridgehead atoms. The lowest BCUT2D eigenvalue weighted by molar-refractivity contribution is 0.436. The lowest BCUT2D eigenvalue weighted by atomic mass is 10.1. The Bertz CT molecular complexity index is 547. The van der Waals surface area contributed by atoms with Crippen molar-refractivity contribution in [1.82, 2.24) is 5.16 Å². The highest BCUT2D eigenvalue weighted by molar-refractivity contribution is 7.15. The van der Waals surface area contributed by atoms with E-state index in [2.05, 4.69) is 18.1 Å². The van der Waals surface area contributed by atoms with Crippen molar-refractivity contribution >= 4 is 17.2 Å². The first-order valence-corrected chi connectivity index (χ1v) is 7.97. The lowest BCUT2D eigenvalue weighted by Gasteiger charge is -1.97. The van der Waals surface area contributed by atoms with E-state index in [-0.39, 0.29) is 0 Å². The zero-order chi connectivity index (χ0) is 13.2. The van der Waals surface area contributed by atoms with Crippen LogP contribution in [0.4, 0.5) is 5.82 Å². The van der Waals surface area contributed by atoms with Gasteiger partial charge in [0, 0.05) is 10.4 Å². The van der Waals surface area contributed by atoms with Gasteiger partial charge in [0.15, 0.2) is 11.6 Å². The second-order valence-electron chi connectivity index (χ2n) is 5.25. The van der Waals surface area contributed by atoms with E-state index in [9.17, 15) is 0 Å². The number of aryl methyl sites for hydroxylation is 2. The average Bonchev–Trinajstić information content (AvgIpc) is 2.89. The Kier molecular flexibility index (Phi) is 3.60. The second kappa shape index (κ2) is 5.37. The zero-order valence-corrected chi connectivity index (χ0v) is 12.2. The van der Waals surface area contributed by atoms with Crippen LogP contribution in [0.25, 0.3) is 10.6 Å². The van der Waals surface area contributed by atoms with Crippen molar-refractivity contribution in [2.45, 2.75) is 51.9 Å². The van der Waals surface area contributed by atoms with Gasteiger partial charge in [0.25, 0.3) is 0 Å². The smallest absolute Gasteiger partial charge is 0.182 e. The third-order valence-corrected chi connectivity index (χ3v) is 5.02. The fourth-order valence-electron chi connectivity index (χ4n) is 2.79. The topological polar surface area (TPSA) is 52.0 Å². The standard InChI is InChI=1S/C15H20N2OS/c1-2-6-11-14(18-17-15(11)16)13-9-10-7-4-3-5-8-12(10)19-13/h9H,2-8H2,1H3,(H2,16,17). The molecule has 2 aromatic heterocycles. The van der Waals surface area contributed by atoms with Crippen LogP contribution in [0.2, 0.25) is 0 Å². The fraction of sp³-hybridized carbons (Fsp3) is 0.533. The highest BCUT2D eigenvalue weighted by atomic mass is 32.1. The van der Waals surface area contributed by atoms with Gasteiger partial charge in [0.1, 0.15) is 0 Å². The van der Waals surface area contributed by atoms with Crippen LogP contribution in [0.1, 0.15) is 48.6 Å². The summed E-state index contributed by atoms with van der Waals surface area (Å²) in [6.45, 7) is 2.15. The Hall–Kier alpha value is -1.29. The molecule has 3 nitrogen and oxygen atoms in total. The molecule has 4 heteroatoms. The number of nitrogen functional groups attached to an aromatic ring is 1. The molecule has 0 saturated heterocycles. The first-order valence-electron chi connectivity index (χ1n) is 7.15. The molecular formula is C15H20N2OS. The van der Waals surface area contributed by atoms with Gasteiger partial charge in [-0.25, -0.2) is 0 Å². The van der Waals surface area contributed by atoms with E-state index in [1.54, 1.807) is 0 Å². The number of aromatic nitrogens is 1. The Labute approximate surface area is 117 Å². The predicted molar refractivity (Wildman–Crippen MR) is 79.5 cm³/mol. The van der Waals surface area contributed by atoms with Gasteiger partial charge in [0.05, 0.1) is 4.88 Å². The number of anilines is 1. The van der Waals surface area contributed by atoms with E-state index in [1.165, 1.54) is 47.4 Å². The molecule has 0 radical (unpaired) electrons. The maximum Gasteiger partial charge on any atom is 0.182 e. The molecule has 0 aliphatic heterocycles. The maximum atomic E-state index is 5.91. The number of rotatable bonds is 3. The van der Waals surface area contributed by atoms with E-state index in [0.717, 1.165) is 24.2 Å². The molecular weight excluding hydrogens is 256 g/mol. The highest BCUT2D eigenvalue weighted by Gasteiger charge is 2.20. The van der Waals surface area contributed by atoms with Crippen LogP contribution in [0.5, 0.6) is 0 Å². The quantitative estimate of drug-likeness (QED) is 0.854. The minimum atomic E-state index is 0.556. The van der Waals surface area contributed by atoms with Crippen molar-refractivity contribution < 1.29 is 4.52 Å². The summed E-state index contributed by atoms with van der Waals surface area (Å²) in [6.07, 6.45) is 8.39. The summed E-state index contributed by atoms with van der Waals surface area (Å²) < 4.78 is 5.48. The van der Waals surface area contributed by atoms with Gasteiger partial charge in [-0.15, -0.1) is 11.3 Å². The van der Waals surface area contributed by atoms with E-state index in [4.69, 9.17) is 10.3 Å². The van der Waals surface area contributed by atoms with E-state index < -0.39 is 0 Å². The third kappa shape index (κ3) is 2.41. The van der Waals surface area contributed by atoms with Gasteiger partial charge in [-0.1, -0.05) is 24.9 Å². The van der Waals surface area contributed by atoms with Crippen LogP contribution in [-0.2, 0) is 19.3 Å². The summed E-state index contributed by atoms with van der Waals surface area (Å²) in [5.74, 6) is 1.46. The van der Waals surface area contributed by atoms with Crippen molar-refractivity contribution in [2.75, 3.05) is 5.73 Å². The summed E-state index contributed by atoms with van der Waals surface area (Å²) in [6, 6.07) is 2.30. The highest BCUT2D eigenvalue weighted by Crippen LogP contribution is 2.38. The van der Waals surface area contributed by atoms with Gasteiger partial charge >= 0.3 is 0 Å². The minimum absolute atomic E-state index is 0.556. The molecule has 19 heavy (non-hydrogen) atoms. The molecule has 1 aliphatic carbocycles. The molecule has 0 saturated carbocycles. The number of hydrogen-bond acceptors (Lipinski definition) is 4. The molecule has 1 aliphatic rings. The molecule has 0 amide bonds. The van der Waals surface area contributed by atoms with Gasteiger partial charge in [-0.2, -0.15) is 0 Å². The minimum Gasteiger partial charge on any atom is -0.381 e. The molecule has 0 aromatic carbocycles. The molecule has 102 valence electrons. The predicted octanol–water partition coefficient (Wildman–Crippen LogP) is 4.21. The maximum absolute atomic E-state index is 5.91. The number of fused-ring (bicyclic) bond motifs is 1. The summed E-state index contributed by atoms with van der Waals surface area (Å²) in [4.78, 5) is 2.74. The van der Waals surface area contributed by atoms with Gasteiger partial charge in [-0.3, -0.25) is 0 Å². The summed E-state index contributed by atoms with van der Waals surface area (Å²) in [5.41, 5.74) is 8.50. The van der Waals surface area contributed by atoms with Crippen molar-refractivity contribution in [3.63, 3.8) is 0 Å². The lowest BCUT2D eigenvalue weighted by Crippen LogP contribution is -1.92. The van der Waals surface area contributed by atoms with Crippen molar-refractivity contribution in [3.05, 3.63) is 22.1 Å². The summed E-state index contributed by atoms with van der Waals surface area (Å²) in [5, 5.41) is 3.95. The molecule has 0 atom stereocenters. The van der Waals surface area contributed by atoms with Crippen LogP contribution < -0.4 is 5.73 Å². The number of hydrogen-bond donors (Lipinski definition) is 1. The SMILES string of the molecule is CCCc1c(N)noc1-c1cc2c(s1)CCCCC2. The Morgan fingerprint density at radius 1 is 1.32 bits per heavy atom. The zero-order valence-electron chi connectivity index (χ0n) is 11.4. The third-order valence-electron chi connectivity index (χ3n) is 3.79. The van der Waals surface area contributed by atoms with E-state index >= 15 is 0 Å². The number of nitrogens with two attached hydrogens (primary N) is 1. The average molecular weight is 276 g/mol. The molecule has 3 rings (SSSR count). The molecule has 2 N–H and O–H groups in total. The van der Waals surface area contributed by atoms with Crippen LogP contribution in [0, 0.1) is 0 Å². The normalized spacial score (nSPS) is 15.2. The Morgan fingerprint density at radius 2 is 2.16 bits per heavy atom. The Balaban J connectivity index is 1.98. The van der Waals surface area contributed by atoms with Crippen LogP contribution >= 0.6 is 11.3 Å². The Morgan fingerprint density at radius 3 is 3.00 bits per heavy atom. The van der Waals surface area contributed by atoms with Gasteiger partial charge in [0.2, 0.25) is 0 Å². The monoisotopic (exact) mass is 276 g/mol. The van der Waals surface area contributed by atoms with Crippen LogP contribution in [0.15, 0.2) is 10.6 Å². The molecule has 0 fully saturated rings. The number of thiophene rings is 1. The summed E-state index contributed by atoms with van der Waals surface area (Å²) >= 11 is 1.87. The first-order chi connectivity index (χ1) is 9.29. The van der Waals surface area contributed by atoms with Crippen LogP contribution in [0.3, 0.4) is 0 Å². The second-order valence-corrected chi connectivity index (χ2v) is 6.38. The van der Waals surface area contributed by atoms with E-state index in [0.29, 0.717) is 5.82 Å². The molecule has 2 aromatic rings. The number of nitrogens with zero attached hydrogens (tertiary/aromatic N) is 1. The molecule has 0 unspecified atom stereocenters. The van der Waals surface area contributed by atoms with Crippen LogP contribution in [-0.4, -0.2) is 5.16 Å². The van der Waals surface area contributed by atoms with Gasteiger partial charge in [-0.05, 0) is 43.7 Å². The van der Waals surface area contributed by atoms with Crippen molar-refractivity contribution in [1.29, 1.82) is 0 Å². The van der Waals surface area contributed by atoms with Crippen molar-refractivity contribution in [3.8, 4) is 10.6 Å². The van der Waals surface area contributed by atoms with Gasteiger partial charge < -0.3 is 10.3 Å². The van der Waals surface area contributed by atoms with Crippen molar-refractivity contribution in [2.24, 2.45) is 0 Å². The summed E-state index contributed by atoms with van der Waals surface area (Å²) in [7, 11) is 0. The first kappa shape index (κ1) is 12.7. The molecule has 2 heterocycles. The largest absolute Gasteiger partial charge is 0.381 e.